The van der Waals surface area contributed by atoms with E-state index in [-0.39, 0.29) is 34.9 Å². The van der Waals surface area contributed by atoms with Crippen LogP contribution in [0.1, 0.15) is 28.4 Å². The molecule has 5 heteroatoms. The lowest BCUT2D eigenvalue weighted by Crippen LogP contribution is -2.10. The van der Waals surface area contributed by atoms with E-state index in [2.05, 4.69) is 0 Å². The molecule has 0 amide bonds. The van der Waals surface area contributed by atoms with E-state index in [1.54, 1.807) is 6.92 Å². The van der Waals surface area contributed by atoms with Crippen LogP contribution >= 0.6 is 11.6 Å². The van der Waals surface area contributed by atoms with E-state index in [9.17, 15) is 9.90 Å². The van der Waals surface area contributed by atoms with Crippen LogP contribution in [0, 0.1) is 11.3 Å². The number of rotatable bonds is 3. The van der Waals surface area contributed by atoms with Gasteiger partial charge in [-0.15, -0.1) is 11.6 Å². The van der Waals surface area contributed by atoms with Crippen molar-refractivity contribution in [1.29, 1.82) is 5.26 Å². The summed E-state index contributed by atoms with van der Waals surface area (Å²) in [6.45, 7) is 1.86. The molecule has 0 aliphatic carbocycles. The van der Waals surface area contributed by atoms with E-state index in [0.29, 0.717) is 0 Å². The van der Waals surface area contributed by atoms with Gasteiger partial charge in [0, 0.05) is 5.56 Å². The van der Waals surface area contributed by atoms with Crippen molar-refractivity contribution in [3.8, 4) is 11.8 Å². The van der Waals surface area contributed by atoms with Gasteiger partial charge in [0.25, 0.3) is 0 Å². The average molecular weight is 240 g/mol. The third kappa shape index (κ3) is 2.26. The smallest absolute Gasteiger partial charge is 0.339 e. The standard InChI is InChI=1S/C11H10ClNO3/c1-2-16-11(15)10-7(6-13)3-4-9(14)8(10)5-12/h3-4,14H,2,5H2,1H3. The Kier molecular flexibility index (Phi) is 4.15. The van der Waals surface area contributed by atoms with Gasteiger partial charge in [-0.25, -0.2) is 4.79 Å². The molecule has 1 rings (SSSR count). The van der Waals surface area contributed by atoms with E-state index in [0.717, 1.165) is 0 Å². The first-order valence-electron chi connectivity index (χ1n) is 4.63. The first kappa shape index (κ1) is 12.3. The van der Waals surface area contributed by atoms with Gasteiger partial charge in [-0.05, 0) is 19.1 Å². The van der Waals surface area contributed by atoms with Gasteiger partial charge in [-0.2, -0.15) is 5.26 Å². The highest BCUT2D eigenvalue weighted by Crippen LogP contribution is 2.26. The Balaban J connectivity index is 3.37. The van der Waals surface area contributed by atoms with Crippen LogP contribution < -0.4 is 0 Å². The van der Waals surface area contributed by atoms with Gasteiger partial charge in [0.1, 0.15) is 11.8 Å². The number of carbonyl (C=O) groups excluding carboxylic acids is 1. The summed E-state index contributed by atoms with van der Waals surface area (Å²) in [6.07, 6.45) is 0. The minimum Gasteiger partial charge on any atom is -0.508 e. The van der Waals surface area contributed by atoms with Crippen LogP contribution in [0.25, 0.3) is 0 Å². The number of phenolic OH excluding ortho intramolecular Hbond substituents is 1. The second-order valence-electron chi connectivity index (χ2n) is 2.95. The number of phenols is 1. The fourth-order valence-electron chi connectivity index (χ4n) is 1.30. The van der Waals surface area contributed by atoms with Gasteiger partial charge >= 0.3 is 5.97 Å². The lowest BCUT2D eigenvalue weighted by molar-refractivity contribution is 0.0524. The zero-order valence-corrected chi connectivity index (χ0v) is 9.41. The van der Waals surface area contributed by atoms with Crippen molar-refractivity contribution >= 4 is 17.6 Å². The molecule has 16 heavy (non-hydrogen) atoms. The summed E-state index contributed by atoms with van der Waals surface area (Å²) < 4.78 is 4.81. The highest BCUT2D eigenvalue weighted by Gasteiger charge is 2.20. The molecule has 0 radical (unpaired) electrons. The predicted octanol–water partition coefficient (Wildman–Crippen LogP) is 2.18. The summed E-state index contributed by atoms with van der Waals surface area (Å²) in [5.41, 5.74) is 0.408. The van der Waals surface area contributed by atoms with Gasteiger partial charge in [-0.1, -0.05) is 0 Å². The fourth-order valence-corrected chi connectivity index (χ4v) is 1.57. The van der Waals surface area contributed by atoms with Crippen molar-refractivity contribution in [2.75, 3.05) is 6.61 Å². The summed E-state index contributed by atoms with van der Waals surface area (Å²) in [6, 6.07) is 4.56. The molecule has 84 valence electrons. The number of carbonyl (C=O) groups is 1. The van der Waals surface area contributed by atoms with Crippen molar-refractivity contribution in [3.05, 3.63) is 28.8 Å². The molecule has 1 aromatic rings. The monoisotopic (exact) mass is 239 g/mol. The van der Waals surface area contributed by atoms with Crippen molar-refractivity contribution < 1.29 is 14.6 Å². The number of alkyl halides is 1. The highest BCUT2D eigenvalue weighted by molar-refractivity contribution is 6.18. The third-order valence-electron chi connectivity index (χ3n) is 2.02. The van der Waals surface area contributed by atoms with Crippen LogP contribution in [-0.4, -0.2) is 17.7 Å². The van der Waals surface area contributed by atoms with Crippen LogP contribution in [-0.2, 0) is 10.6 Å². The fraction of sp³-hybridized carbons (Fsp3) is 0.273. The molecule has 0 aliphatic heterocycles. The number of nitriles is 1. The average Bonchev–Trinajstić information content (AvgIpc) is 2.28. The maximum atomic E-state index is 11.6. The topological polar surface area (TPSA) is 70.3 Å². The molecular formula is C11H10ClNO3. The summed E-state index contributed by atoms with van der Waals surface area (Å²) in [5, 5.41) is 18.4. The van der Waals surface area contributed by atoms with Crippen LogP contribution in [0.3, 0.4) is 0 Å². The van der Waals surface area contributed by atoms with Crippen molar-refractivity contribution in [2.24, 2.45) is 0 Å². The van der Waals surface area contributed by atoms with Crippen molar-refractivity contribution in [2.45, 2.75) is 12.8 Å². The summed E-state index contributed by atoms with van der Waals surface area (Å²) in [4.78, 5) is 11.6. The number of hydrogen-bond donors (Lipinski definition) is 1. The van der Waals surface area contributed by atoms with Crippen LogP contribution in [0.4, 0.5) is 0 Å². The second-order valence-corrected chi connectivity index (χ2v) is 3.22. The predicted molar refractivity (Wildman–Crippen MR) is 58.3 cm³/mol. The summed E-state index contributed by atoms with van der Waals surface area (Å²) >= 11 is 5.63. The molecule has 0 bridgehead atoms. The van der Waals surface area contributed by atoms with E-state index in [1.807, 2.05) is 6.07 Å². The molecule has 0 fully saturated rings. The van der Waals surface area contributed by atoms with Crippen LogP contribution in [0.5, 0.6) is 5.75 Å². The summed E-state index contributed by atoms with van der Waals surface area (Å²) in [5.74, 6) is -0.821. The molecule has 0 heterocycles. The number of esters is 1. The first-order valence-corrected chi connectivity index (χ1v) is 5.17. The normalized spacial score (nSPS) is 9.56. The molecule has 4 nitrogen and oxygen atoms in total. The van der Waals surface area contributed by atoms with Gasteiger partial charge in [0.2, 0.25) is 0 Å². The molecule has 1 aromatic carbocycles. The highest BCUT2D eigenvalue weighted by atomic mass is 35.5. The number of halogens is 1. The maximum absolute atomic E-state index is 11.6. The third-order valence-corrected chi connectivity index (χ3v) is 2.29. The number of ether oxygens (including phenoxy) is 1. The maximum Gasteiger partial charge on any atom is 0.339 e. The number of aromatic hydroxyl groups is 1. The summed E-state index contributed by atoms with van der Waals surface area (Å²) in [7, 11) is 0. The molecule has 0 atom stereocenters. The van der Waals surface area contributed by atoms with Gasteiger partial charge in [0.05, 0.1) is 23.6 Å². The van der Waals surface area contributed by atoms with Gasteiger partial charge in [-0.3, -0.25) is 0 Å². The first-order chi connectivity index (χ1) is 7.65. The molecule has 0 unspecified atom stereocenters. The minimum absolute atomic E-state index is 0.0411. The molecule has 0 spiro atoms. The quantitative estimate of drug-likeness (QED) is 0.648. The van der Waals surface area contributed by atoms with E-state index in [1.165, 1.54) is 12.1 Å². The number of hydrogen-bond acceptors (Lipinski definition) is 4. The molecule has 0 aliphatic rings. The Morgan fingerprint density at radius 1 is 1.62 bits per heavy atom. The van der Waals surface area contributed by atoms with Crippen LogP contribution in [0.15, 0.2) is 12.1 Å². The Morgan fingerprint density at radius 2 is 2.31 bits per heavy atom. The Bertz CT molecular complexity index is 451. The Morgan fingerprint density at radius 3 is 2.81 bits per heavy atom. The van der Waals surface area contributed by atoms with E-state index >= 15 is 0 Å². The number of nitrogens with zero attached hydrogens (tertiary/aromatic N) is 1. The molecular weight excluding hydrogens is 230 g/mol. The lowest BCUT2D eigenvalue weighted by Gasteiger charge is -2.09. The minimum atomic E-state index is -0.648. The zero-order valence-electron chi connectivity index (χ0n) is 8.66. The Labute approximate surface area is 98.0 Å². The SMILES string of the molecule is CCOC(=O)c1c(C#N)ccc(O)c1CCl. The van der Waals surface area contributed by atoms with Gasteiger partial charge in [0.15, 0.2) is 0 Å². The largest absolute Gasteiger partial charge is 0.508 e. The van der Waals surface area contributed by atoms with Gasteiger partial charge < -0.3 is 9.84 Å². The molecule has 0 aromatic heterocycles. The lowest BCUT2D eigenvalue weighted by atomic mass is 10.0. The van der Waals surface area contributed by atoms with Crippen molar-refractivity contribution in [3.63, 3.8) is 0 Å². The van der Waals surface area contributed by atoms with Crippen molar-refractivity contribution in [1.82, 2.24) is 0 Å². The molecule has 0 saturated heterocycles. The van der Waals surface area contributed by atoms with E-state index in [4.69, 9.17) is 21.6 Å². The zero-order chi connectivity index (χ0) is 12.1. The Hall–Kier alpha value is -1.73. The van der Waals surface area contributed by atoms with Crippen LogP contribution in [0.2, 0.25) is 0 Å². The van der Waals surface area contributed by atoms with E-state index < -0.39 is 5.97 Å². The molecule has 1 N–H and O–H groups in total. The second kappa shape index (κ2) is 5.38. The molecule has 0 saturated carbocycles. The number of benzene rings is 1.